The molecule has 1 heterocycles. The number of hydrogen-bond donors (Lipinski definition) is 2. The summed E-state index contributed by atoms with van der Waals surface area (Å²) >= 11 is 0. The second-order valence-electron chi connectivity index (χ2n) is 5.20. The lowest BCUT2D eigenvalue weighted by Gasteiger charge is -2.07. The van der Waals surface area contributed by atoms with Crippen molar-refractivity contribution in [3.05, 3.63) is 72.1 Å². The Morgan fingerprint density at radius 1 is 0.875 bits per heavy atom. The second-order valence-corrected chi connectivity index (χ2v) is 5.20. The standard InChI is InChI=1S/C18H16N4O2/c23-17(12-22-18(24)14-4-2-1-3-5-14)21-11-13-6-7-15-16(10-13)20-9-8-19-15/h1-10H,11-12H2,(H,21,23)(H,22,24). The van der Waals surface area contributed by atoms with E-state index in [1.807, 2.05) is 24.3 Å². The predicted molar refractivity (Wildman–Crippen MR) is 90.2 cm³/mol. The van der Waals surface area contributed by atoms with Crippen LogP contribution in [0.5, 0.6) is 0 Å². The molecular weight excluding hydrogens is 304 g/mol. The first-order valence-electron chi connectivity index (χ1n) is 7.52. The number of fused-ring (bicyclic) bond motifs is 1. The van der Waals surface area contributed by atoms with Gasteiger partial charge in [0.2, 0.25) is 5.91 Å². The van der Waals surface area contributed by atoms with E-state index in [2.05, 4.69) is 20.6 Å². The number of nitrogens with one attached hydrogen (secondary N) is 2. The fourth-order valence-electron chi connectivity index (χ4n) is 2.23. The van der Waals surface area contributed by atoms with Crippen LogP contribution in [0.25, 0.3) is 11.0 Å². The third-order valence-corrected chi connectivity index (χ3v) is 3.47. The number of benzene rings is 2. The molecule has 6 heteroatoms. The predicted octanol–water partition coefficient (Wildman–Crippen LogP) is 1.68. The van der Waals surface area contributed by atoms with Gasteiger partial charge in [-0.1, -0.05) is 24.3 Å². The van der Waals surface area contributed by atoms with Gasteiger partial charge >= 0.3 is 0 Å². The van der Waals surface area contributed by atoms with Crippen molar-refractivity contribution in [2.24, 2.45) is 0 Å². The molecule has 0 atom stereocenters. The van der Waals surface area contributed by atoms with Crippen LogP contribution in [0, 0.1) is 0 Å². The molecule has 120 valence electrons. The van der Waals surface area contributed by atoms with Gasteiger partial charge in [-0.3, -0.25) is 19.6 Å². The molecule has 2 N–H and O–H groups in total. The first kappa shape index (κ1) is 15.6. The topological polar surface area (TPSA) is 84.0 Å². The minimum atomic E-state index is -0.272. The summed E-state index contributed by atoms with van der Waals surface area (Å²) in [7, 11) is 0. The van der Waals surface area contributed by atoms with Gasteiger partial charge in [0.05, 0.1) is 17.6 Å². The van der Waals surface area contributed by atoms with Crippen LogP contribution >= 0.6 is 0 Å². The van der Waals surface area contributed by atoms with Gasteiger partial charge in [0.25, 0.3) is 5.91 Å². The molecule has 0 spiro atoms. The van der Waals surface area contributed by atoms with Gasteiger partial charge in [0.15, 0.2) is 0 Å². The van der Waals surface area contributed by atoms with Crippen molar-refractivity contribution in [2.75, 3.05) is 6.54 Å². The Kier molecular flexibility index (Phi) is 4.76. The summed E-state index contributed by atoms with van der Waals surface area (Å²) in [5.41, 5.74) is 3.04. The Hall–Kier alpha value is -3.28. The van der Waals surface area contributed by atoms with Gasteiger partial charge in [-0.2, -0.15) is 0 Å². The Labute approximate surface area is 138 Å². The van der Waals surface area contributed by atoms with Crippen molar-refractivity contribution in [3.8, 4) is 0 Å². The van der Waals surface area contributed by atoms with Crippen molar-refractivity contribution >= 4 is 22.8 Å². The van der Waals surface area contributed by atoms with Crippen molar-refractivity contribution in [1.29, 1.82) is 0 Å². The maximum Gasteiger partial charge on any atom is 0.251 e. The molecule has 2 amide bonds. The van der Waals surface area contributed by atoms with Gasteiger partial charge in [-0.05, 0) is 29.8 Å². The molecule has 0 bridgehead atoms. The summed E-state index contributed by atoms with van der Waals surface area (Å²) in [5, 5.41) is 5.36. The van der Waals surface area contributed by atoms with Crippen LogP contribution in [-0.2, 0) is 11.3 Å². The zero-order valence-corrected chi connectivity index (χ0v) is 12.9. The zero-order valence-electron chi connectivity index (χ0n) is 12.9. The highest BCUT2D eigenvalue weighted by Gasteiger charge is 2.07. The van der Waals surface area contributed by atoms with E-state index >= 15 is 0 Å². The summed E-state index contributed by atoms with van der Waals surface area (Å²) < 4.78 is 0. The number of nitrogens with zero attached hydrogens (tertiary/aromatic N) is 2. The number of hydrogen-bond acceptors (Lipinski definition) is 4. The van der Waals surface area contributed by atoms with Crippen LogP contribution in [0.2, 0.25) is 0 Å². The van der Waals surface area contributed by atoms with Crippen LogP contribution in [0.3, 0.4) is 0 Å². The summed E-state index contributed by atoms with van der Waals surface area (Å²) in [5.74, 6) is -0.523. The normalized spacial score (nSPS) is 10.3. The molecule has 0 fully saturated rings. The molecule has 0 saturated carbocycles. The van der Waals surface area contributed by atoms with Crippen molar-refractivity contribution in [3.63, 3.8) is 0 Å². The number of amides is 2. The first-order chi connectivity index (χ1) is 11.7. The molecule has 0 aliphatic heterocycles. The highest BCUT2D eigenvalue weighted by Crippen LogP contribution is 2.10. The fraction of sp³-hybridized carbons (Fsp3) is 0.111. The first-order valence-corrected chi connectivity index (χ1v) is 7.52. The minimum Gasteiger partial charge on any atom is -0.350 e. The molecule has 2 aromatic carbocycles. The number of rotatable bonds is 5. The highest BCUT2D eigenvalue weighted by atomic mass is 16.2. The third-order valence-electron chi connectivity index (χ3n) is 3.47. The number of carbonyl (C=O) groups is 2. The van der Waals surface area contributed by atoms with Gasteiger partial charge in [0.1, 0.15) is 0 Å². The van der Waals surface area contributed by atoms with Gasteiger partial charge in [-0.25, -0.2) is 0 Å². The Balaban J connectivity index is 1.50. The van der Waals surface area contributed by atoms with E-state index in [0.717, 1.165) is 16.6 Å². The van der Waals surface area contributed by atoms with Gasteiger partial charge in [-0.15, -0.1) is 0 Å². The van der Waals surface area contributed by atoms with E-state index < -0.39 is 0 Å². The SMILES string of the molecule is O=C(CNC(=O)c1ccccc1)NCc1ccc2nccnc2c1. The lowest BCUT2D eigenvalue weighted by Crippen LogP contribution is -2.36. The second kappa shape index (κ2) is 7.32. The highest BCUT2D eigenvalue weighted by molar-refractivity contribution is 5.96. The lowest BCUT2D eigenvalue weighted by atomic mass is 10.2. The third kappa shape index (κ3) is 3.92. The fourth-order valence-corrected chi connectivity index (χ4v) is 2.23. The van der Waals surface area contributed by atoms with Crippen LogP contribution in [-0.4, -0.2) is 28.3 Å². The van der Waals surface area contributed by atoms with Gasteiger partial charge < -0.3 is 10.6 Å². The summed E-state index contributed by atoms with van der Waals surface area (Å²) in [6.07, 6.45) is 3.27. The van der Waals surface area contributed by atoms with Crippen molar-refractivity contribution in [2.45, 2.75) is 6.54 Å². The summed E-state index contributed by atoms with van der Waals surface area (Å²) in [6.45, 7) is 0.299. The summed E-state index contributed by atoms with van der Waals surface area (Å²) in [6, 6.07) is 14.4. The largest absolute Gasteiger partial charge is 0.350 e. The molecular formula is C18H16N4O2. The average molecular weight is 320 g/mol. The van der Waals surface area contributed by atoms with E-state index in [9.17, 15) is 9.59 Å². The Bertz CT molecular complexity index is 865. The quantitative estimate of drug-likeness (QED) is 0.749. The molecule has 0 saturated heterocycles. The number of aromatic nitrogens is 2. The zero-order chi connectivity index (χ0) is 16.8. The van der Waals surface area contributed by atoms with Crippen LogP contribution in [0.15, 0.2) is 60.9 Å². The molecule has 24 heavy (non-hydrogen) atoms. The maximum absolute atomic E-state index is 11.9. The van der Waals surface area contributed by atoms with Crippen LogP contribution in [0.4, 0.5) is 0 Å². The van der Waals surface area contributed by atoms with E-state index in [0.29, 0.717) is 12.1 Å². The van der Waals surface area contributed by atoms with Crippen LogP contribution < -0.4 is 10.6 Å². The van der Waals surface area contributed by atoms with Crippen LogP contribution in [0.1, 0.15) is 15.9 Å². The number of carbonyl (C=O) groups excluding carboxylic acids is 2. The minimum absolute atomic E-state index is 0.0683. The molecule has 6 nitrogen and oxygen atoms in total. The Morgan fingerprint density at radius 3 is 2.42 bits per heavy atom. The van der Waals surface area contributed by atoms with E-state index in [-0.39, 0.29) is 18.4 Å². The van der Waals surface area contributed by atoms with Crippen molar-refractivity contribution < 1.29 is 9.59 Å². The lowest BCUT2D eigenvalue weighted by molar-refractivity contribution is -0.120. The Morgan fingerprint density at radius 2 is 1.62 bits per heavy atom. The van der Waals surface area contributed by atoms with E-state index in [1.165, 1.54) is 0 Å². The van der Waals surface area contributed by atoms with E-state index in [1.54, 1.807) is 36.7 Å². The average Bonchev–Trinajstić information content (AvgIpc) is 2.65. The molecule has 0 radical (unpaired) electrons. The molecule has 0 aliphatic rings. The summed E-state index contributed by atoms with van der Waals surface area (Å²) in [4.78, 5) is 32.2. The molecule has 0 aliphatic carbocycles. The molecule has 3 aromatic rings. The van der Waals surface area contributed by atoms with Gasteiger partial charge in [0, 0.05) is 24.5 Å². The monoisotopic (exact) mass is 320 g/mol. The molecule has 1 aromatic heterocycles. The maximum atomic E-state index is 11.9. The van der Waals surface area contributed by atoms with E-state index in [4.69, 9.17) is 0 Å². The van der Waals surface area contributed by atoms with Crippen molar-refractivity contribution in [1.82, 2.24) is 20.6 Å². The smallest absolute Gasteiger partial charge is 0.251 e. The molecule has 0 unspecified atom stereocenters. The molecule has 3 rings (SSSR count).